The van der Waals surface area contributed by atoms with E-state index in [2.05, 4.69) is 15.9 Å². The van der Waals surface area contributed by atoms with Crippen LogP contribution in [0.2, 0.25) is 0 Å². The van der Waals surface area contributed by atoms with E-state index in [1.54, 1.807) is 18.2 Å². The molecule has 0 aliphatic rings. The molecule has 0 heterocycles. The number of aliphatic hydroxyl groups excluding tert-OH is 1. The quantitative estimate of drug-likeness (QED) is 0.850. The molecule has 1 atom stereocenters. The van der Waals surface area contributed by atoms with Crippen molar-refractivity contribution in [2.75, 3.05) is 13.2 Å². The van der Waals surface area contributed by atoms with Gasteiger partial charge in [0.05, 0.1) is 11.0 Å². The number of aryl methyl sites for hydroxylation is 1. The Morgan fingerprint density at radius 1 is 1.50 bits per heavy atom. The van der Waals surface area contributed by atoms with Crippen molar-refractivity contribution in [1.82, 2.24) is 5.32 Å². The predicted octanol–water partition coefficient (Wildman–Crippen LogP) is 2.18. The van der Waals surface area contributed by atoms with Gasteiger partial charge in [-0.15, -0.1) is 0 Å². The zero-order valence-electron chi connectivity index (χ0n) is 10.5. The molecule has 1 aromatic carbocycles. The molecule has 0 radical (unpaired) electrons. The van der Waals surface area contributed by atoms with Gasteiger partial charge in [-0.05, 0) is 40.5 Å². The maximum absolute atomic E-state index is 12.0. The van der Waals surface area contributed by atoms with E-state index >= 15 is 0 Å². The van der Waals surface area contributed by atoms with E-state index in [4.69, 9.17) is 9.84 Å². The Bertz CT molecular complexity index is 480. The van der Waals surface area contributed by atoms with Crippen LogP contribution in [0, 0.1) is 6.92 Å². The molecule has 0 bridgehead atoms. The van der Waals surface area contributed by atoms with E-state index in [-0.39, 0.29) is 0 Å². The smallest absolute Gasteiger partial charge is 0.416 e. The SMILES string of the molecule is Cc1ccc(OCC(=O)NCC(O)C(F)(F)F)c(Br)c1. The van der Waals surface area contributed by atoms with Crippen LogP contribution in [-0.4, -0.2) is 36.4 Å². The zero-order valence-corrected chi connectivity index (χ0v) is 12.1. The molecule has 112 valence electrons. The lowest BCUT2D eigenvalue weighted by atomic mass is 10.2. The van der Waals surface area contributed by atoms with Gasteiger partial charge in [0.25, 0.3) is 5.91 Å². The van der Waals surface area contributed by atoms with Crippen molar-refractivity contribution < 1.29 is 27.8 Å². The largest absolute Gasteiger partial charge is 0.483 e. The Morgan fingerprint density at radius 3 is 2.70 bits per heavy atom. The fraction of sp³-hybridized carbons (Fsp3) is 0.417. The molecule has 0 saturated heterocycles. The number of benzene rings is 1. The van der Waals surface area contributed by atoms with Crippen LogP contribution in [0.4, 0.5) is 13.2 Å². The van der Waals surface area contributed by atoms with Crippen molar-refractivity contribution in [3.63, 3.8) is 0 Å². The van der Waals surface area contributed by atoms with Crippen LogP contribution in [0.25, 0.3) is 0 Å². The van der Waals surface area contributed by atoms with E-state index < -0.39 is 31.3 Å². The molecule has 1 aromatic rings. The highest BCUT2D eigenvalue weighted by Gasteiger charge is 2.38. The van der Waals surface area contributed by atoms with Gasteiger partial charge in [0.1, 0.15) is 5.75 Å². The number of nitrogens with one attached hydrogen (secondary N) is 1. The average Bonchev–Trinajstić information content (AvgIpc) is 2.33. The van der Waals surface area contributed by atoms with Gasteiger partial charge in [-0.25, -0.2) is 0 Å². The number of ether oxygens (including phenoxy) is 1. The third-order valence-corrected chi connectivity index (χ3v) is 2.94. The number of amides is 1. The molecular formula is C12H13BrF3NO3. The molecular weight excluding hydrogens is 343 g/mol. The molecule has 8 heteroatoms. The van der Waals surface area contributed by atoms with Crippen LogP contribution in [0.1, 0.15) is 5.56 Å². The molecule has 0 spiro atoms. The molecule has 1 unspecified atom stereocenters. The van der Waals surface area contributed by atoms with E-state index in [1.807, 2.05) is 12.2 Å². The van der Waals surface area contributed by atoms with Crippen molar-refractivity contribution in [3.8, 4) is 5.75 Å². The van der Waals surface area contributed by atoms with Gasteiger partial charge in [0.2, 0.25) is 0 Å². The van der Waals surface area contributed by atoms with Crippen molar-refractivity contribution in [2.45, 2.75) is 19.2 Å². The second-order valence-electron chi connectivity index (χ2n) is 4.08. The number of aliphatic hydroxyl groups is 1. The summed E-state index contributed by atoms with van der Waals surface area (Å²) in [4.78, 5) is 11.3. The maximum Gasteiger partial charge on any atom is 0.416 e. The Morgan fingerprint density at radius 2 is 2.15 bits per heavy atom. The highest BCUT2D eigenvalue weighted by Crippen LogP contribution is 2.25. The molecule has 0 aliphatic heterocycles. The van der Waals surface area contributed by atoms with Crippen LogP contribution in [0.15, 0.2) is 22.7 Å². The maximum atomic E-state index is 12.0. The summed E-state index contributed by atoms with van der Waals surface area (Å²) in [5.41, 5.74) is 0.988. The van der Waals surface area contributed by atoms with Gasteiger partial charge in [-0.2, -0.15) is 13.2 Å². The van der Waals surface area contributed by atoms with E-state index in [0.29, 0.717) is 10.2 Å². The molecule has 20 heavy (non-hydrogen) atoms. The summed E-state index contributed by atoms with van der Waals surface area (Å²) in [6.07, 6.45) is -7.34. The van der Waals surface area contributed by atoms with Gasteiger partial charge in [-0.1, -0.05) is 6.07 Å². The topological polar surface area (TPSA) is 58.6 Å². The van der Waals surface area contributed by atoms with Crippen LogP contribution < -0.4 is 10.1 Å². The molecule has 0 saturated carbocycles. The number of halogens is 4. The van der Waals surface area contributed by atoms with Crippen molar-refractivity contribution in [2.24, 2.45) is 0 Å². The lowest BCUT2D eigenvalue weighted by molar-refractivity contribution is -0.201. The zero-order chi connectivity index (χ0) is 15.3. The summed E-state index contributed by atoms with van der Waals surface area (Å²) in [5, 5.41) is 10.6. The third kappa shape index (κ3) is 5.38. The van der Waals surface area contributed by atoms with Crippen LogP contribution in [-0.2, 0) is 4.79 Å². The fourth-order valence-electron chi connectivity index (χ4n) is 1.24. The average molecular weight is 356 g/mol. The molecule has 2 N–H and O–H groups in total. The van der Waals surface area contributed by atoms with Gasteiger partial charge < -0.3 is 15.2 Å². The Kier molecular flexibility index (Phi) is 5.82. The minimum absolute atomic E-state index is 0.405. The van der Waals surface area contributed by atoms with Gasteiger partial charge >= 0.3 is 6.18 Å². The van der Waals surface area contributed by atoms with Gasteiger partial charge in [0.15, 0.2) is 12.7 Å². The predicted molar refractivity (Wildman–Crippen MR) is 69.4 cm³/mol. The number of carbonyl (C=O) groups excluding carboxylic acids is 1. The molecule has 4 nitrogen and oxygen atoms in total. The Balaban J connectivity index is 2.40. The highest BCUT2D eigenvalue weighted by atomic mass is 79.9. The summed E-state index contributed by atoms with van der Waals surface area (Å²) in [7, 11) is 0. The minimum Gasteiger partial charge on any atom is -0.483 e. The third-order valence-electron chi connectivity index (χ3n) is 2.32. The van der Waals surface area contributed by atoms with Crippen LogP contribution in [0.3, 0.4) is 0 Å². The monoisotopic (exact) mass is 355 g/mol. The first-order valence-electron chi connectivity index (χ1n) is 5.60. The Hall–Kier alpha value is -1.28. The summed E-state index contributed by atoms with van der Waals surface area (Å²) >= 11 is 3.24. The van der Waals surface area contributed by atoms with Gasteiger partial charge in [0, 0.05) is 0 Å². The fourth-order valence-corrected chi connectivity index (χ4v) is 1.85. The van der Waals surface area contributed by atoms with Crippen molar-refractivity contribution >= 4 is 21.8 Å². The second kappa shape index (κ2) is 6.94. The molecule has 1 amide bonds. The van der Waals surface area contributed by atoms with Crippen LogP contribution in [0.5, 0.6) is 5.75 Å². The van der Waals surface area contributed by atoms with E-state index in [9.17, 15) is 18.0 Å². The second-order valence-corrected chi connectivity index (χ2v) is 4.94. The normalized spacial score (nSPS) is 12.9. The lowest BCUT2D eigenvalue weighted by Crippen LogP contribution is -2.42. The molecule has 0 fully saturated rings. The molecule has 1 rings (SSSR count). The first-order chi connectivity index (χ1) is 9.20. The van der Waals surface area contributed by atoms with Gasteiger partial charge in [-0.3, -0.25) is 4.79 Å². The lowest BCUT2D eigenvalue weighted by Gasteiger charge is -2.15. The number of alkyl halides is 3. The summed E-state index contributed by atoms with van der Waals surface area (Å²) in [6.45, 7) is 0.534. The number of carbonyl (C=O) groups is 1. The van der Waals surface area contributed by atoms with Crippen molar-refractivity contribution in [3.05, 3.63) is 28.2 Å². The molecule has 0 aliphatic carbocycles. The standard InChI is InChI=1S/C12H13BrF3NO3/c1-7-2-3-9(8(13)4-7)20-6-11(19)17-5-10(18)12(14,15)16/h2-4,10,18H,5-6H2,1H3,(H,17,19). The summed E-state index contributed by atoms with van der Waals surface area (Å²) < 4.78 is 41.8. The number of hydrogen-bond acceptors (Lipinski definition) is 3. The van der Waals surface area contributed by atoms with Crippen molar-refractivity contribution in [1.29, 1.82) is 0 Å². The first kappa shape index (κ1) is 16.8. The van der Waals surface area contributed by atoms with E-state index in [1.165, 1.54) is 0 Å². The summed E-state index contributed by atoms with van der Waals surface area (Å²) in [6, 6.07) is 5.18. The van der Waals surface area contributed by atoms with E-state index in [0.717, 1.165) is 5.56 Å². The minimum atomic E-state index is -4.76. The number of hydrogen-bond donors (Lipinski definition) is 2. The summed E-state index contributed by atoms with van der Waals surface area (Å²) in [5.74, 6) is -0.345. The van der Waals surface area contributed by atoms with Crippen LogP contribution >= 0.6 is 15.9 Å². The molecule has 0 aromatic heterocycles. The number of rotatable bonds is 5. The highest BCUT2D eigenvalue weighted by molar-refractivity contribution is 9.10. The Labute approximate surface area is 122 Å². The first-order valence-corrected chi connectivity index (χ1v) is 6.40.